The van der Waals surface area contributed by atoms with Crippen LogP contribution in [0.2, 0.25) is 10.0 Å². The van der Waals surface area contributed by atoms with Gasteiger partial charge < -0.3 is 4.90 Å². The van der Waals surface area contributed by atoms with Gasteiger partial charge in [-0.15, -0.1) is 0 Å². The average Bonchev–Trinajstić information content (AvgIpc) is 3.34. The van der Waals surface area contributed by atoms with Crippen LogP contribution < -0.4 is 9.47 Å². The van der Waals surface area contributed by atoms with Crippen molar-refractivity contribution in [3.8, 4) is 0 Å². The van der Waals surface area contributed by atoms with Crippen LogP contribution in [0.3, 0.4) is 0 Å². The van der Waals surface area contributed by atoms with Gasteiger partial charge in [-0.3, -0.25) is 4.55 Å². The number of halogens is 2. The lowest BCUT2D eigenvalue weighted by molar-refractivity contribution is -0.668. The molecule has 0 unspecified atom stereocenters. The molecule has 0 amide bonds. The number of allylic oxidation sites excluding steroid dienone is 2. The van der Waals surface area contributed by atoms with Gasteiger partial charge in [-0.1, -0.05) is 53.2 Å². The van der Waals surface area contributed by atoms with E-state index >= 15 is 0 Å². The molecule has 1 aliphatic heterocycles. The monoisotopic (exact) mass is 647 g/mol. The second-order valence-corrected chi connectivity index (χ2v) is 16.1. The van der Waals surface area contributed by atoms with Crippen molar-refractivity contribution in [2.45, 2.75) is 37.6 Å². The lowest BCUT2D eigenvalue weighted by atomic mass is 10.2. The number of rotatable bonds is 11. The molecule has 0 aliphatic carbocycles. The highest BCUT2D eigenvalue weighted by Gasteiger charge is 2.26. The van der Waals surface area contributed by atoms with E-state index in [1.807, 2.05) is 41.3 Å². The van der Waals surface area contributed by atoms with E-state index in [2.05, 4.69) is 23.6 Å². The van der Waals surface area contributed by atoms with Crippen LogP contribution in [0.5, 0.6) is 0 Å². The second kappa shape index (κ2) is 12.5. The number of anilines is 1. The molecule has 2 aromatic carbocycles. The number of hydrogen-bond donors (Lipinski definition) is 1. The van der Waals surface area contributed by atoms with Crippen molar-refractivity contribution >= 4 is 88.2 Å². The summed E-state index contributed by atoms with van der Waals surface area (Å²) in [4.78, 5) is 3.05. The molecule has 0 radical (unpaired) electrons. The lowest BCUT2D eigenvalue weighted by Crippen LogP contribution is -2.36. The summed E-state index contributed by atoms with van der Waals surface area (Å²) in [6, 6.07) is 11.4. The molecule has 39 heavy (non-hydrogen) atoms. The molecule has 0 bridgehead atoms. The quantitative estimate of drug-likeness (QED) is 0.189. The Bertz CT molecular complexity index is 1660. The fourth-order valence-corrected chi connectivity index (χ4v) is 8.05. The van der Waals surface area contributed by atoms with Gasteiger partial charge in [-0.05, 0) is 54.8 Å². The predicted octanol–water partition coefficient (Wildman–Crippen LogP) is 6.46. The molecule has 3 aromatic rings. The summed E-state index contributed by atoms with van der Waals surface area (Å²) in [6.07, 6.45) is 6.92. The minimum Gasteiger partial charge on any atom is -0.335 e. The minimum absolute atomic E-state index is 0.0989. The van der Waals surface area contributed by atoms with Crippen molar-refractivity contribution in [2.75, 3.05) is 29.2 Å². The summed E-state index contributed by atoms with van der Waals surface area (Å²) in [5.41, 5.74) is 2.90. The Kier molecular flexibility index (Phi) is 9.73. The Hall–Kier alpha value is -1.60. The summed E-state index contributed by atoms with van der Waals surface area (Å²) in [6.45, 7) is 3.00. The van der Waals surface area contributed by atoms with Crippen LogP contribution >= 0.6 is 46.3 Å². The maximum atomic E-state index is 11.7. The molecule has 0 fully saturated rings. The number of nitrogens with zero attached hydrogens (tertiary/aromatic N) is 2. The van der Waals surface area contributed by atoms with Crippen molar-refractivity contribution in [1.29, 1.82) is 0 Å². The minimum atomic E-state index is -4.06. The topological polar surface area (TPSA) is 95.6 Å². The zero-order valence-corrected chi connectivity index (χ0v) is 26.2. The van der Waals surface area contributed by atoms with Crippen molar-refractivity contribution < 1.29 is 26.0 Å². The normalized spacial score (nSPS) is 15.5. The number of aryl methyl sites for hydroxylation is 1. The van der Waals surface area contributed by atoms with Gasteiger partial charge in [0.25, 0.3) is 15.1 Å². The van der Waals surface area contributed by atoms with Crippen LogP contribution in [-0.4, -0.2) is 45.7 Å². The van der Waals surface area contributed by atoms with Crippen LogP contribution in [0.15, 0.2) is 58.0 Å². The van der Waals surface area contributed by atoms with E-state index < -0.39 is 20.0 Å². The Balaban J connectivity index is 1.71. The Morgan fingerprint density at radius 2 is 1.77 bits per heavy atom. The molecule has 4 rings (SSSR count). The highest BCUT2D eigenvalue weighted by atomic mass is 35.5. The summed E-state index contributed by atoms with van der Waals surface area (Å²) in [5, 5.41) is 3.12. The maximum absolute atomic E-state index is 11.7. The van der Waals surface area contributed by atoms with Crippen LogP contribution in [0.25, 0.3) is 16.3 Å². The molecule has 1 N–H and O–H groups in total. The zero-order valence-electron chi connectivity index (χ0n) is 21.4. The van der Waals surface area contributed by atoms with Gasteiger partial charge in [0.15, 0.2) is 6.54 Å². The molecule has 0 saturated heterocycles. The molecule has 1 aromatic heterocycles. The molecule has 0 spiro atoms. The third kappa shape index (κ3) is 8.22. The van der Waals surface area contributed by atoms with Crippen molar-refractivity contribution in [1.82, 2.24) is 0 Å². The van der Waals surface area contributed by atoms with E-state index in [0.717, 1.165) is 42.8 Å². The van der Waals surface area contributed by atoms with Crippen molar-refractivity contribution in [3.05, 3.63) is 68.1 Å². The molecule has 13 heteroatoms. The highest BCUT2D eigenvalue weighted by molar-refractivity contribution is 8.03. The third-order valence-corrected chi connectivity index (χ3v) is 10.6. The molecule has 0 saturated carbocycles. The standard InChI is InChI=1S/C26H28Cl2N2O5S4/c1-3-18(14-25-29(10-4-12-38(2,31)32)21-16-19(27)6-8-23(21)36-25)15-26-30(11-5-13-39(33,34)35)22-17-20(28)7-9-24(22)37-26/h6-9,14-17H,3-5,10-13H2,1-2H3/p+1. The Labute approximate surface area is 247 Å². The number of benzene rings is 2. The van der Waals surface area contributed by atoms with Gasteiger partial charge in [-0.2, -0.15) is 13.0 Å². The van der Waals surface area contributed by atoms with Gasteiger partial charge >= 0.3 is 0 Å². The van der Waals surface area contributed by atoms with Crippen LogP contribution in [0.4, 0.5) is 5.69 Å². The van der Waals surface area contributed by atoms with Gasteiger partial charge in [0, 0.05) is 46.3 Å². The second-order valence-electron chi connectivity index (χ2n) is 9.25. The van der Waals surface area contributed by atoms with E-state index in [0.29, 0.717) is 29.6 Å². The SMILES string of the molecule is CCC(/C=C1\Sc2ccc(Cl)cc2N1CCCS(=O)(=O)O)=C\c1sc2ccc(Cl)cc2[n+]1CCCS(C)(=O)=O. The van der Waals surface area contributed by atoms with Crippen molar-refractivity contribution in [2.24, 2.45) is 0 Å². The van der Waals surface area contributed by atoms with E-state index in [1.165, 1.54) is 6.26 Å². The smallest absolute Gasteiger partial charge is 0.264 e. The first-order valence-corrected chi connectivity index (χ1v) is 18.3. The number of thiazole rings is 1. The number of aromatic nitrogens is 1. The molecule has 210 valence electrons. The molecule has 1 aliphatic rings. The third-order valence-electron chi connectivity index (χ3n) is 6.09. The van der Waals surface area contributed by atoms with Crippen LogP contribution in [0.1, 0.15) is 31.2 Å². The zero-order chi connectivity index (χ0) is 28.4. The Morgan fingerprint density at radius 1 is 1.05 bits per heavy atom. The summed E-state index contributed by atoms with van der Waals surface area (Å²) in [7, 11) is -7.14. The molecular formula is C26H29Cl2N2O5S4+. The number of thioether (sulfide) groups is 1. The average molecular weight is 649 g/mol. The fraction of sp³-hybridized carbons (Fsp3) is 0.346. The highest BCUT2D eigenvalue weighted by Crippen LogP contribution is 2.47. The van der Waals surface area contributed by atoms with Gasteiger partial charge in [0.05, 0.1) is 22.2 Å². The lowest BCUT2D eigenvalue weighted by Gasteiger charge is -2.20. The maximum Gasteiger partial charge on any atom is 0.264 e. The van der Waals surface area contributed by atoms with E-state index in [1.54, 1.807) is 23.1 Å². The van der Waals surface area contributed by atoms with Crippen molar-refractivity contribution in [3.63, 3.8) is 0 Å². The largest absolute Gasteiger partial charge is 0.335 e. The van der Waals surface area contributed by atoms with Gasteiger partial charge in [0.1, 0.15) is 14.5 Å². The molecular weight excluding hydrogens is 619 g/mol. The molecule has 7 nitrogen and oxygen atoms in total. The number of sulfone groups is 1. The summed E-state index contributed by atoms with van der Waals surface area (Å²) >= 11 is 15.8. The molecule has 0 atom stereocenters. The van der Waals surface area contributed by atoms with Gasteiger partial charge in [-0.25, -0.2) is 8.42 Å². The predicted molar refractivity (Wildman–Crippen MR) is 163 cm³/mol. The van der Waals surface area contributed by atoms with Gasteiger partial charge in [0.2, 0.25) is 5.52 Å². The van der Waals surface area contributed by atoms with E-state index in [-0.39, 0.29) is 17.9 Å². The fourth-order valence-electron chi connectivity index (χ4n) is 4.28. The van der Waals surface area contributed by atoms with Crippen LogP contribution in [0, 0.1) is 0 Å². The first kappa shape index (κ1) is 30.4. The molecule has 2 heterocycles. The van der Waals surface area contributed by atoms with E-state index in [4.69, 9.17) is 23.2 Å². The van der Waals surface area contributed by atoms with Crippen LogP contribution in [-0.2, 0) is 26.5 Å². The number of fused-ring (bicyclic) bond motifs is 2. The first-order chi connectivity index (χ1) is 18.3. The summed E-state index contributed by atoms with van der Waals surface area (Å²) < 4.78 is 58.5. The first-order valence-electron chi connectivity index (χ1n) is 12.2. The van der Waals surface area contributed by atoms with E-state index in [9.17, 15) is 21.4 Å². The number of hydrogen-bond acceptors (Lipinski definition) is 7. The summed E-state index contributed by atoms with van der Waals surface area (Å²) in [5.74, 6) is -0.229. The Morgan fingerprint density at radius 3 is 2.46 bits per heavy atom.